The molecule has 0 radical (unpaired) electrons. The maximum atomic E-state index is 7.61. The molecule has 0 aromatic heterocycles. The second-order valence-corrected chi connectivity index (χ2v) is 6.31. The van der Waals surface area contributed by atoms with Crippen molar-refractivity contribution in [2.24, 2.45) is 5.92 Å². The lowest BCUT2D eigenvalue weighted by Gasteiger charge is -2.29. The van der Waals surface area contributed by atoms with Crippen molar-refractivity contribution >= 4 is 0 Å². The normalized spacial score (nSPS) is 26.0. The van der Waals surface area contributed by atoms with Crippen LogP contribution in [0, 0.1) is 26.0 Å². The fourth-order valence-electron chi connectivity index (χ4n) is 3.83. The summed E-state index contributed by atoms with van der Waals surface area (Å²) in [6, 6.07) is 8.64. The number of hydrogen-bond donors (Lipinski definition) is 0. The predicted octanol–water partition coefficient (Wildman–Crippen LogP) is 5.30. The van der Waals surface area contributed by atoms with Crippen LogP contribution in [0.4, 0.5) is 0 Å². The number of nitrogens with zero attached hydrogens (tertiary/aromatic N) is 2. The number of rotatable bonds is 1. The Bertz CT molecular complexity index is 698. The van der Waals surface area contributed by atoms with E-state index in [2.05, 4.69) is 59.1 Å². The van der Waals surface area contributed by atoms with Crippen molar-refractivity contribution in [1.82, 2.24) is 0 Å². The molecule has 22 heavy (non-hydrogen) atoms. The Morgan fingerprint density at radius 2 is 2.05 bits per heavy atom. The van der Waals surface area contributed by atoms with Gasteiger partial charge in [0.25, 0.3) is 0 Å². The van der Waals surface area contributed by atoms with Gasteiger partial charge in [0.15, 0.2) is 0 Å². The molecule has 0 fully saturated rings. The van der Waals surface area contributed by atoms with Crippen LogP contribution in [0.15, 0.2) is 48.1 Å². The van der Waals surface area contributed by atoms with Crippen LogP contribution in [-0.4, -0.2) is 5.66 Å². The molecular formula is C20H20N2. The third kappa shape index (κ3) is 2.36. The summed E-state index contributed by atoms with van der Waals surface area (Å²) in [5.41, 5.74) is 2.64. The SMILES string of the molecule is [C-]#[N+]C1([N+]#[C-])CC=C[C@@H](c2cccc(C)c2)[C@@H]2CCCC=C21. The summed E-state index contributed by atoms with van der Waals surface area (Å²) in [6.45, 7) is 17.3. The largest absolute Gasteiger partial charge is 0.509 e. The van der Waals surface area contributed by atoms with Crippen LogP contribution in [0.1, 0.15) is 42.7 Å². The highest BCUT2D eigenvalue weighted by Gasteiger charge is 2.53. The molecule has 2 atom stereocenters. The monoisotopic (exact) mass is 288 g/mol. The van der Waals surface area contributed by atoms with Crippen molar-refractivity contribution in [3.05, 3.63) is 82.0 Å². The van der Waals surface area contributed by atoms with E-state index in [9.17, 15) is 0 Å². The van der Waals surface area contributed by atoms with Gasteiger partial charge in [0, 0.05) is 11.8 Å². The fraction of sp³-hybridized carbons (Fsp3) is 0.400. The van der Waals surface area contributed by atoms with Gasteiger partial charge in [0.2, 0.25) is 0 Å². The molecule has 0 spiro atoms. The molecule has 0 saturated carbocycles. The minimum Gasteiger partial charge on any atom is -0.226 e. The molecule has 0 heterocycles. The second kappa shape index (κ2) is 5.82. The lowest BCUT2D eigenvalue weighted by Crippen LogP contribution is -2.30. The molecular weight excluding hydrogens is 268 g/mol. The van der Waals surface area contributed by atoms with Crippen LogP contribution in [0.3, 0.4) is 0 Å². The number of hydrogen-bond acceptors (Lipinski definition) is 0. The Morgan fingerprint density at radius 3 is 2.77 bits per heavy atom. The predicted molar refractivity (Wildman–Crippen MR) is 89.0 cm³/mol. The van der Waals surface area contributed by atoms with Gasteiger partial charge in [0.05, 0.1) is 0 Å². The van der Waals surface area contributed by atoms with Gasteiger partial charge in [-0.25, -0.2) is 22.8 Å². The first kappa shape index (κ1) is 14.6. The van der Waals surface area contributed by atoms with Crippen LogP contribution in [0.5, 0.6) is 0 Å². The summed E-state index contributed by atoms with van der Waals surface area (Å²) in [5.74, 6) is 0.578. The van der Waals surface area contributed by atoms with Gasteiger partial charge in [-0.05, 0) is 31.7 Å². The summed E-state index contributed by atoms with van der Waals surface area (Å²) in [5, 5.41) is 0. The molecule has 0 N–H and O–H groups in total. The molecule has 2 aliphatic carbocycles. The number of fused-ring (bicyclic) bond motifs is 1. The van der Waals surface area contributed by atoms with E-state index in [1.54, 1.807) is 0 Å². The van der Waals surface area contributed by atoms with Crippen molar-refractivity contribution in [2.75, 3.05) is 0 Å². The molecule has 3 rings (SSSR count). The molecule has 1 aromatic carbocycles. The zero-order chi connectivity index (χ0) is 15.6. The number of benzene rings is 1. The van der Waals surface area contributed by atoms with Crippen LogP contribution in [-0.2, 0) is 0 Å². The highest BCUT2D eigenvalue weighted by molar-refractivity contribution is 5.42. The Hall–Kier alpha value is -2.32. The van der Waals surface area contributed by atoms with E-state index in [1.807, 2.05) is 0 Å². The van der Waals surface area contributed by atoms with E-state index in [4.69, 9.17) is 13.1 Å². The van der Waals surface area contributed by atoms with Crippen LogP contribution in [0.2, 0.25) is 0 Å². The Kier molecular flexibility index (Phi) is 3.86. The molecule has 0 bridgehead atoms. The van der Waals surface area contributed by atoms with Gasteiger partial charge in [-0.2, -0.15) is 0 Å². The third-order valence-corrected chi connectivity index (χ3v) is 4.92. The highest BCUT2D eigenvalue weighted by atomic mass is 15.0. The molecule has 2 aliphatic rings. The highest BCUT2D eigenvalue weighted by Crippen LogP contribution is 2.47. The number of allylic oxidation sites excluding steroid dienone is 2. The van der Waals surface area contributed by atoms with Crippen LogP contribution >= 0.6 is 0 Å². The standard InChI is InChI=1S/C20H20N2/c1-15-8-6-9-16(14-15)17-11-7-13-20(21-2,22-3)19-12-5-4-10-18(17)19/h6-9,11-12,14,17-18H,4-5,10,13H2,1H3/t17-,18-/m0/s1. The Labute approximate surface area is 132 Å². The van der Waals surface area contributed by atoms with Crippen molar-refractivity contribution in [2.45, 2.75) is 44.2 Å². The molecule has 1 aromatic rings. The van der Waals surface area contributed by atoms with Crippen LogP contribution < -0.4 is 0 Å². The van der Waals surface area contributed by atoms with Crippen molar-refractivity contribution in [1.29, 1.82) is 0 Å². The summed E-state index contributed by atoms with van der Waals surface area (Å²) >= 11 is 0. The topological polar surface area (TPSA) is 8.72 Å². The first-order chi connectivity index (χ1) is 10.7. The Balaban J connectivity index is 2.09. The van der Waals surface area contributed by atoms with Gasteiger partial charge >= 0.3 is 5.66 Å². The minimum atomic E-state index is -1.000. The minimum absolute atomic E-state index is 0.289. The second-order valence-electron chi connectivity index (χ2n) is 6.31. The van der Waals surface area contributed by atoms with Gasteiger partial charge < -0.3 is 0 Å². The van der Waals surface area contributed by atoms with E-state index in [1.165, 1.54) is 11.1 Å². The van der Waals surface area contributed by atoms with Gasteiger partial charge in [-0.1, -0.05) is 48.1 Å². The molecule has 2 nitrogen and oxygen atoms in total. The van der Waals surface area contributed by atoms with Gasteiger partial charge in [0.1, 0.15) is 12.0 Å². The zero-order valence-electron chi connectivity index (χ0n) is 12.9. The van der Waals surface area contributed by atoms with Crippen molar-refractivity contribution < 1.29 is 0 Å². The summed E-state index contributed by atoms with van der Waals surface area (Å²) in [4.78, 5) is 7.53. The van der Waals surface area contributed by atoms with E-state index in [0.717, 1.165) is 24.8 Å². The van der Waals surface area contributed by atoms with Crippen molar-refractivity contribution in [3.8, 4) is 0 Å². The first-order valence-corrected chi connectivity index (χ1v) is 7.91. The van der Waals surface area contributed by atoms with E-state index in [-0.39, 0.29) is 11.8 Å². The molecule has 0 unspecified atom stereocenters. The first-order valence-electron chi connectivity index (χ1n) is 7.91. The van der Waals surface area contributed by atoms with E-state index >= 15 is 0 Å². The maximum absolute atomic E-state index is 7.61. The smallest absolute Gasteiger partial charge is 0.226 e. The molecule has 110 valence electrons. The summed E-state index contributed by atoms with van der Waals surface area (Å²) in [7, 11) is 0. The molecule has 0 saturated heterocycles. The maximum Gasteiger partial charge on any atom is 0.509 e. The lowest BCUT2D eigenvalue weighted by molar-refractivity contribution is 0.438. The fourth-order valence-corrected chi connectivity index (χ4v) is 3.83. The lowest BCUT2D eigenvalue weighted by atomic mass is 9.72. The third-order valence-electron chi connectivity index (χ3n) is 4.92. The van der Waals surface area contributed by atoms with Crippen molar-refractivity contribution in [3.63, 3.8) is 0 Å². The summed E-state index contributed by atoms with van der Waals surface area (Å²) in [6.07, 6.45) is 10.2. The molecule has 2 heteroatoms. The average Bonchev–Trinajstić information content (AvgIpc) is 2.72. The van der Waals surface area contributed by atoms with Gasteiger partial charge in [-0.15, -0.1) is 0 Å². The van der Waals surface area contributed by atoms with E-state index < -0.39 is 5.66 Å². The Morgan fingerprint density at radius 1 is 1.23 bits per heavy atom. The average molecular weight is 288 g/mol. The molecule has 0 aliphatic heterocycles. The van der Waals surface area contributed by atoms with Gasteiger partial charge in [-0.3, -0.25) is 0 Å². The molecule has 0 amide bonds. The van der Waals surface area contributed by atoms with Crippen LogP contribution in [0.25, 0.3) is 9.69 Å². The zero-order valence-corrected chi connectivity index (χ0v) is 12.9. The quantitative estimate of drug-likeness (QED) is 0.490. The number of aryl methyl sites for hydroxylation is 1. The van der Waals surface area contributed by atoms with E-state index in [0.29, 0.717) is 6.42 Å². The summed E-state index contributed by atoms with van der Waals surface area (Å²) < 4.78 is 0.